The Morgan fingerprint density at radius 2 is 1.60 bits per heavy atom. The van der Waals surface area contributed by atoms with E-state index in [-0.39, 0.29) is 5.41 Å². The first-order valence-electron chi connectivity index (χ1n) is 8.34. The van der Waals surface area contributed by atoms with Crippen LogP contribution in [0.3, 0.4) is 0 Å². The Hall–Kier alpha value is -0.920. The third-order valence-electron chi connectivity index (χ3n) is 4.22. The average molecular weight is 276 g/mol. The van der Waals surface area contributed by atoms with Gasteiger partial charge in [0.05, 0.1) is 5.69 Å². The van der Waals surface area contributed by atoms with Gasteiger partial charge < -0.3 is 0 Å². The summed E-state index contributed by atoms with van der Waals surface area (Å²) < 4.78 is 0. The largest absolute Gasteiger partial charge is 0.239 e. The smallest absolute Gasteiger partial charge is 0.125 e. The van der Waals surface area contributed by atoms with Crippen LogP contribution in [0.15, 0.2) is 6.07 Å². The molecule has 0 N–H and O–H groups in total. The van der Waals surface area contributed by atoms with Crippen molar-refractivity contribution in [2.24, 2.45) is 0 Å². The Labute approximate surface area is 125 Å². The van der Waals surface area contributed by atoms with E-state index in [0.717, 1.165) is 11.5 Å². The van der Waals surface area contributed by atoms with Gasteiger partial charge in [-0.2, -0.15) is 0 Å². The van der Waals surface area contributed by atoms with Crippen molar-refractivity contribution in [1.29, 1.82) is 0 Å². The lowest BCUT2D eigenvalue weighted by Crippen LogP contribution is -2.24. The molecule has 2 heteroatoms. The van der Waals surface area contributed by atoms with E-state index in [9.17, 15) is 0 Å². The molecule has 0 aliphatic carbocycles. The van der Waals surface area contributed by atoms with Crippen molar-refractivity contribution in [3.05, 3.63) is 23.3 Å². The molecule has 0 saturated carbocycles. The first-order valence-corrected chi connectivity index (χ1v) is 8.34. The number of rotatable bonds is 9. The van der Waals surface area contributed by atoms with E-state index in [1.54, 1.807) is 0 Å². The molecule has 1 aromatic rings. The molecule has 20 heavy (non-hydrogen) atoms. The van der Waals surface area contributed by atoms with Gasteiger partial charge in [0.1, 0.15) is 5.82 Å². The van der Waals surface area contributed by atoms with Crippen LogP contribution in [0.1, 0.15) is 89.4 Å². The summed E-state index contributed by atoms with van der Waals surface area (Å²) in [5, 5.41) is 0. The van der Waals surface area contributed by atoms with Gasteiger partial charge >= 0.3 is 0 Å². The fourth-order valence-electron chi connectivity index (χ4n) is 3.08. The maximum Gasteiger partial charge on any atom is 0.125 e. The number of hydrogen-bond acceptors (Lipinski definition) is 2. The molecule has 1 aromatic heterocycles. The van der Waals surface area contributed by atoms with Crippen molar-refractivity contribution in [3.8, 4) is 0 Å². The monoisotopic (exact) mass is 276 g/mol. The van der Waals surface area contributed by atoms with Crippen LogP contribution in [0.2, 0.25) is 0 Å². The highest BCUT2D eigenvalue weighted by molar-refractivity contribution is 5.19. The third kappa shape index (κ3) is 5.22. The molecule has 2 nitrogen and oxygen atoms in total. The van der Waals surface area contributed by atoms with Crippen molar-refractivity contribution in [2.75, 3.05) is 0 Å². The maximum atomic E-state index is 4.73. The Kier molecular flexibility index (Phi) is 7.18. The lowest BCUT2D eigenvalue weighted by Gasteiger charge is -2.29. The van der Waals surface area contributed by atoms with E-state index in [2.05, 4.69) is 38.7 Å². The van der Waals surface area contributed by atoms with Crippen LogP contribution in [-0.4, -0.2) is 9.97 Å². The second-order valence-corrected chi connectivity index (χ2v) is 6.42. The van der Waals surface area contributed by atoms with Crippen LogP contribution in [0.4, 0.5) is 0 Å². The van der Waals surface area contributed by atoms with Gasteiger partial charge in [0, 0.05) is 11.1 Å². The number of unbranched alkanes of at least 4 members (excludes halogenated alkanes) is 4. The summed E-state index contributed by atoms with van der Waals surface area (Å²) in [5.74, 6) is 0.910. The summed E-state index contributed by atoms with van der Waals surface area (Å²) in [6, 6.07) is 2.19. The molecule has 1 unspecified atom stereocenters. The van der Waals surface area contributed by atoms with E-state index in [1.165, 1.54) is 57.1 Å². The van der Waals surface area contributed by atoms with Gasteiger partial charge in [0.2, 0.25) is 0 Å². The van der Waals surface area contributed by atoms with Crippen molar-refractivity contribution < 1.29 is 0 Å². The Morgan fingerprint density at radius 1 is 0.900 bits per heavy atom. The van der Waals surface area contributed by atoms with Gasteiger partial charge in [-0.05, 0) is 32.8 Å². The molecule has 114 valence electrons. The van der Waals surface area contributed by atoms with Crippen LogP contribution in [0.5, 0.6) is 0 Å². The molecule has 1 atom stereocenters. The maximum absolute atomic E-state index is 4.73. The highest BCUT2D eigenvalue weighted by atomic mass is 14.9. The summed E-state index contributed by atoms with van der Waals surface area (Å²) >= 11 is 0. The van der Waals surface area contributed by atoms with Crippen LogP contribution in [-0.2, 0) is 5.41 Å². The molecule has 0 radical (unpaired) electrons. The fourth-order valence-corrected chi connectivity index (χ4v) is 3.08. The van der Waals surface area contributed by atoms with Crippen LogP contribution < -0.4 is 0 Å². The van der Waals surface area contributed by atoms with Gasteiger partial charge in [0.25, 0.3) is 0 Å². The fraction of sp³-hybridized carbons (Fsp3) is 0.778. The Morgan fingerprint density at radius 3 is 2.20 bits per heavy atom. The second kappa shape index (κ2) is 8.39. The molecule has 0 fully saturated rings. The molecule has 0 bridgehead atoms. The zero-order valence-corrected chi connectivity index (χ0v) is 14.1. The minimum atomic E-state index is 0.222. The van der Waals surface area contributed by atoms with Crippen LogP contribution in [0.25, 0.3) is 0 Å². The van der Waals surface area contributed by atoms with Crippen molar-refractivity contribution in [3.63, 3.8) is 0 Å². The summed E-state index contributed by atoms with van der Waals surface area (Å²) in [5.41, 5.74) is 2.57. The quantitative estimate of drug-likeness (QED) is 0.556. The second-order valence-electron chi connectivity index (χ2n) is 6.42. The summed E-state index contributed by atoms with van der Waals surface area (Å²) in [7, 11) is 0. The SMILES string of the molecule is CCCCCCCC(C)(CCC)c1cc(C)nc(C)n1. The van der Waals surface area contributed by atoms with E-state index >= 15 is 0 Å². The molecular formula is C18H32N2. The minimum Gasteiger partial charge on any atom is -0.239 e. The molecular weight excluding hydrogens is 244 g/mol. The van der Waals surface area contributed by atoms with Crippen LogP contribution >= 0.6 is 0 Å². The highest BCUT2D eigenvalue weighted by Crippen LogP contribution is 2.33. The first kappa shape index (κ1) is 17.1. The summed E-state index contributed by atoms with van der Waals surface area (Å²) in [6.07, 6.45) is 10.4. The molecule has 0 spiro atoms. The van der Waals surface area contributed by atoms with E-state index in [0.29, 0.717) is 0 Å². The zero-order valence-electron chi connectivity index (χ0n) is 14.1. The van der Waals surface area contributed by atoms with Crippen molar-refractivity contribution >= 4 is 0 Å². The molecule has 0 aliphatic heterocycles. The molecule has 0 amide bonds. The standard InChI is InChI=1S/C18H32N2/c1-6-8-9-10-11-13-18(5,12-7-2)17-14-15(3)19-16(4)20-17/h14H,6-13H2,1-5H3. The van der Waals surface area contributed by atoms with Crippen LogP contribution in [0, 0.1) is 13.8 Å². The van der Waals surface area contributed by atoms with Gasteiger partial charge in [-0.25, -0.2) is 9.97 Å². The topological polar surface area (TPSA) is 25.8 Å². The normalized spacial score (nSPS) is 14.2. The summed E-state index contributed by atoms with van der Waals surface area (Å²) in [6.45, 7) is 11.0. The van der Waals surface area contributed by atoms with Gasteiger partial charge in [0.15, 0.2) is 0 Å². The Balaban J connectivity index is 2.74. The average Bonchev–Trinajstić information content (AvgIpc) is 2.37. The van der Waals surface area contributed by atoms with E-state index in [4.69, 9.17) is 4.98 Å². The van der Waals surface area contributed by atoms with Crippen molar-refractivity contribution in [1.82, 2.24) is 9.97 Å². The predicted octanol–water partition coefficient (Wildman–Crippen LogP) is 5.51. The zero-order chi connectivity index (χ0) is 15.0. The number of aromatic nitrogens is 2. The lowest BCUT2D eigenvalue weighted by atomic mass is 9.77. The number of aryl methyl sites for hydroxylation is 2. The molecule has 0 aromatic carbocycles. The first-order chi connectivity index (χ1) is 9.51. The van der Waals surface area contributed by atoms with Gasteiger partial charge in [-0.15, -0.1) is 0 Å². The lowest BCUT2D eigenvalue weighted by molar-refractivity contribution is 0.365. The van der Waals surface area contributed by atoms with E-state index < -0.39 is 0 Å². The van der Waals surface area contributed by atoms with Gasteiger partial charge in [-0.3, -0.25) is 0 Å². The van der Waals surface area contributed by atoms with Crippen molar-refractivity contribution in [2.45, 2.75) is 91.4 Å². The summed E-state index contributed by atoms with van der Waals surface area (Å²) in [4.78, 5) is 9.15. The highest BCUT2D eigenvalue weighted by Gasteiger charge is 2.27. The predicted molar refractivity (Wildman–Crippen MR) is 87.1 cm³/mol. The number of nitrogens with zero attached hydrogens (tertiary/aromatic N) is 2. The molecule has 0 saturated heterocycles. The Bertz CT molecular complexity index is 380. The molecule has 0 aliphatic rings. The molecule has 1 rings (SSSR count). The number of hydrogen-bond donors (Lipinski definition) is 0. The minimum absolute atomic E-state index is 0.222. The van der Waals surface area contributed by atoms with E-state index in [1.807, 2.05) is 6.92 Å². The third-order valence-corrected chi connectivity index (χ3v) is 4.22. The molecule has 1 heterocycles. The van der Waals surface area contributed by atoms with Gasteiger partial charge in [-0.1, -0.05) is 59.3 Å².